The molecule has 15 heavy (non-hydrogen) atoms. The number of carboxylic acid groups (broad SMARTS) is 1. The quantitative estimate of drug-likeness (QED) is 0.680. The monoisotopic (exact) mass is 211 g/mol. The van der Waals surface area contributed by atoms with Gasteiger partial charge in [-0.25, -0.2) is 4.79 Å². The van der Waals surface area contributed by atoms with Gasteiger partial charge in [-0.2, -0.15) is 0 Å². The van der Waals surface area contributed by atoms with Crippen LogP contribution in [0.4, 0.5) is 5.88 Å². The average molecular weight is 211 g/mol. The second kappa shape index (κ2) is 6.11. The summed E-state index contributed by atoms with van der Waals surface area (Å²) in [6.45, 7) is 2.99. The van der Waals surface area contributed by atoms with E-state index in [1.165, 1.54) is 25.3 Å². The van der Waals surface area contributed by atoms with Crippen molar-refractivity contribution in [3.05, 3.63) is 17.9 Å². The van der Waals surface area contributed by atoms with E-state index >= 15 is 0 Å². The van der Waals surface area contributed by atoms with Crippen LogP contribution in [-0.4, -0.2) is 17.6 Å². The molecule has 0 aliphatic carbocycles. The molecule has 4 heteroatoms. The van der Waals surface area contributed by atoms with Crippen LogP contribution in [0.25, 0.3) is 0 Å². The highest BCUT2D eigenvalue weighted by atomic mass is 16.4. The molecule has 0 saturated heterocycles. The average Bonchev–Trinajstić information content (AvgIpc) is 2.66. The number of anilines is 1. The van der Waals surface area contributed by atoms with E-state index < -0.39 is 5.97 Å². The first kappa shape index (κ1) is 11.6. The number of hydrogen-bond donors (Lipinski definition) is 2. The number of unbranched alkanes of at least 4 members (excludes halogenated alkanes) is 3. The lowest BCUT2D eigenvalue weighted by Gasteiger charge is -2.01. The smallest absolute Gasteiger partial charge is 0.371 e. The Bertz CT molecular complexity index is 307. The van der Waals surface area contributed by atoms with Gasteiger partial charge in [0.05, 0.1) is 0 Å². The van der Waals surface area contributed by atoms with Crippen molar-refractivity contribution in [1.29, 1.82) is 0 Å². The van der Waals surface area contributed by atoms with Gasteiger partial charge in [0.25, 0.3) is 0 Å². The minimum absolute atomic E-state index is 0.0222. The zero-order valence-corrected chi connectivity index (χ0v) is 8.95. The van der Waals surface area contributed by atoms with Gasteiger partial charge >= 0.3 is 5.97 Å². The molecule has 0 aliphatic heterocycles. The SMILES string of the molecule is CCCCCCNc1ccc(C(=O)O)o1. The zero-order valence-electron chi connectivity index (χ0n) is 8.95. The Labute approximate surface area is 89.3 Å². The molecular formula is C11H17NO3. The molecule has 0 aromatic carbocycles. The number of hydrogen-bond acceptors (Lipinski definition) is 3. The third kappa shape index (κ3) is 4.06. The van der Waals surface area contributed by atoms with Crippen molar-refractivity contribution in [2.45, 2.75) is 32.6 Å². The van der Waals surface area contributed by atoms with Crippen molar-refractivity contribution in [3.63, 3.8) is 0 Å². The molecule has 1 rings (SSSR count). The van der Waals surface area contributed by atoms with E-state index in [0.29, 0.717) is 5.88 Å². The molecule has 0 radical (unpaired) electrons. The van der Waals surface area contributed by atoms with E-state index in [9.17, 15) is 4.79 Å². The summed E-state index contributed by atoms with van der Waals surface area (Å²) in [5.74, 6) is -0.524. The lowest BCUT2D eigenvalue weighted by atomic mass is 10.2. The summed E-state index contributed by atoms with van der Waals surface area (Å²) in [6.07, 6.45) is 4.72. The molecule has 84 valence electrons. The first-order valence-corrected chi connectivity index (χ1v) is 5.31. The summed E-state index contributed by atoms with van der Waals surface area (Å²) >= 11 is 0. The van der Waals surface area contributed by atoms with Gasteiger partial charge in [0.15, 0.2) is 5.88 Å². The van der Waals surface area contributed by atoms with E-state index in [-0.39, 0.29) is 5.76 Å². The van der Waals surface area contributed by atoms with E-state index in [0.717, 1.165) is 13.0 Å². The Morgan fingerprint density at radius 2 is 2.20 bits per heavy atom. The molecule has 4 nitrogen and oxygen atoms in total. The molecule has 0 amide bonds. The number of furan rings is 1. The standard InChI is InChI=1S/C11H17NO3/c1-2-3-4-5-8-12-10-7-6-9(15-10)11(13)14/h6-7,12H,2-5,8H2,1H3,(H,13,14). The number of rotatable bonds is 7. The highest BCUT2D eigenvalue weighted by Crippen LogP contribution is 2.13. The van der Waals surface area contributed by atoms with Gasteiger partial charge in [0, 0.05) is 12.6 Å². The summed E-state index contributed by atoms with van der Waals surface area (Å²) in [7, 11) is 0. The molecule has 0 bridgehead atoms. The summed E-state index contributed by atoms with van der Waals surface area (Å²) in [5.41, 5.74) is 0. The van der Waals surface area contributed by atoms with Gasteiger partial charge in [-0.1, -0.05) is 26.2 Å². The van der Waals surface area contributed by atoms with Crippen LogP contribution in [0.1, 0.15) is 43.2 Å². The van der Waals surface area contributed by atoms with Crippen LogP contribution in [-0.2, 0) is 0 Å². The molecule has 2 N–H and O–H groups in total. The predicted octanol–water partition coefficient (Wildman–Crippen LogP) is 2.97. The zero-order chi connectivity index (χ0) is 11.1. The van der Waals surface area contributed by atoms with Crippen LogP contribution < -0.4 is 5.32 Å². The molecular weight excluding hydrogens is 194 g/mol. The largest absolute Gasteiger partial charge is 0.475 e. The molecule has 0 saturated carbocycles. The van der Waals surface area contributed by atoms with Crippen LogP contribution >= 0.6 is 0 Å². The molecule has 1 heterocycles. The van der Waals surface area contributed by atoms with Crippen molar-refractivity contribution in [3.8, 4) is 0 Å². The molecule has 0 spiro atoms. The Hall–Kier alpha value is -1.45. The minimum atomic E-state index is -1.03. The van der Waals surface area contributed by atoms with Gasteiger partial charge in [0.1, 0.15) is 0 Å². The Balaban J connectivity index is 2.23. The second-order valence-corrected chi connectivity index (χ2v) is 3.46. The topological polar surface area (TPSA) is 62.5 Å². The summed E-state index contributed by atoms with van der Waals surface area (Å²) < 4.78 is 5.04. The van der Waals surface area contributed by atoms with Crippen molar-refractivity contribution >= 4 is 11.9 Å². The highest BCUT2D eigenvalue weighted by molar-refractivity contribution is 5.84. The Morgan fingerprint density at radius 3 is 2.80 bits per heavy atom. The molecule has 0 unspecified atom stereocenters. The molecule has 1 aromatic heterocycles. The first-order valence-electron chi connectivity index (χ1n) is 5.31. The first-order chi connectivity index (χ1) is 7.24. The Morgan fingerprint density at radius 1 is 1.40 bits per heavy atom. The predicted molar refractivity (Wildman–Crippen MR) is 58.3 cm³/mol. The number of carbonyl (C=O) groups is 1. The van der Waals surface area contributed by atoms with Crippen LogP contribution in [0, 0.1) is 0 Å². The van der Waals surface area contributed by atoms with Gasteiger partial charge in [-0.15, -0.1) is 0 Å². The van der Waals surface area contributed by atoms with Crippen molar-refractivity contribution in [2.75, 3.05) is 11.9 Å². The molecule has 1 aromatic rings. The third-order valence-corrected chi connectivity index (χ3v) is 2.15. The Kier molecular flexibility index (Phi) is 4.74. The lowest BCUT2D eigenvalue weighted by Crippen LogP contribution is -2.00. The van der Waals surface area contributed by atoms with Crippen molar-refractivity contribution in [1.82, 2.24) is 0 Å². The van der Waals surface area contributed by atoms with E-state index in [2.05, 4.69) is 12.2 Å². The molecule has 0 atom stereocenters. The van der Waals surface area contributed by atoms with E-state index in [1.807, 2.05) is 0 Å². The third-order valence-electron chi connectivity index (χ3n) is 2.15. The van der Waals surface area contributed by atoms with Crippen LogP contribution in [0.3, 0.4) is 0 Å². The van der Waals surface area contributed by atoms with Crippen molar-refractivity contribution < 1.29 is 14.3 Å². The van der Waals surface area contributed by atoms with E-state index in [4.69, 9.17) is 9.52 Å². The summed E-state index contributed by atoms with van der Waals surface area (Å²) in [4.78, 5) is 10.5. The fourth-order valence-corrected chi connectivity index (χ4v) is 1.31. The van der Waals surface area contributed by atoms with Gasteiger partial charge < -0.3 is 14.8 Å². The van der Waals surface area contributed by atoms with Gasteiger partial charge in [-0.3, -0.25) is 0 Å². The minimum Gasteiger partial charge on any atom is -0.475 e. The maximum absolute atomic E-state index is 10.5. The van der Waals surface area contributed by atoms with Crippen LogP contribution in [0.15, 0.2) is 16.5 Å². The highest BCUT2D eigenvalue weighted by Gasteiger charge is 2.07. The van der Waals surface area contributed by atoms with Gasteiger partial charge in [-0.05, 0) is 12.5 Å². The normalized spacial score (nSPS) is 10.2. The van der Waals surface area contributed by atoms with Crippen LogP contribution in [0.2, 0.25) is 0 Å². The van der Waals surface area contributed by atoms with Gasteiger partial charge in [0.2, 0.25) is 5.76 Å². The van der Waals surface area contributed by atoms with Crippen molar-refractivity contribution in [2.24, 2.45) is 0 Å². The summed E-state index contributed by atoms with van der Waals surface area (Å²) in [5, 5.41) is 11.7. The lowest BCUT2D eigenvalue weighted by molar-refractivity contribution is 0.0663. The fraction of sp³-hybridized carbons (Fsp3) is 0.545. The second-order valence-electron chi connectivity index (χ2n) is 3.46. The maximum atomic E-state index is 10.5. The number of aromatic carboxylic acids is 1. The molecule has 0 fully saturated rings. The maximum Gasteiger partial charge on any atom is 0.371 e. The van der Waals surface area contributed by atoms with E-state index in [1.54, 1.807) is 6.07 Å². The number of carboxylic acids is 1. The molecule has 0 aliphatic rings. The summed E-state index contributed by atoms with van der Waals surface area (Å²) in [6, 6.07) is 3.10. The fourth-order valence-electron chi connectivity index (χ4n) is 1.31. The van der Waals surface area contributed by atoms with Crippen LogP contribution in [0.5, 0.6) is 0 Å². The number of nitrogens with one attached hydrogen (secondary N) is 1.